The maximum Gasteiger partial charge on any atom is 0.191 e. The van der Waals surface area contributed by atoms with Crippen LogP contribution in [0.5, 0.6) is 0 Å². The average molecular weight is 318 g/mol. The molecule has 0 aromatic heterocycles. The van der Waals surface area contributed by atoms with Crippen molar-refractivity contribution in [3.63, 3.8) is 0 Å². The molecule has 1 aromatic carbocycles. The molecule has 2 aliphatic rings. The van der Waals surface area contributed by atoms with E-state index in [1.807, 2.05) is 18.8 Å². The molecule has 0 aliphatic heterocycles. The Labute approximate surface area is 138 Å². The number of rotatable bonds is 4. The van der Waals surface area contributed by atoms with E-state index in [0.29, 0.717) is 6.04 Å². The molecule has 4 heteroatoms. The lowest BCUT2D eigenvalue weighted by atomic mass is 10.1. The van der Waals surface area contributed by atoms with Gasteiger partial charge in [-0.3, -0.25) is 4.99 Å². The molecule has 2 atom stereocenters. The van der Waals surface area contributed by atoms with Crippen molar-refractivity contribution in [2.75, 3.05) is 13.3 Å². The Balaban J connectivity index is 1.51. The number of aryl methyl sites for hydroxylation is 2. The van der Waals surface area contributed by atoms with Gasteiger partial charge < -0.3 is 10.6 Å². The van der Waals surface area contributed by atoms with E-state index in [9.17, 15) is 0 Å². The molecule has 0 radical (unpaired) electrons. The molecule has 3 nitrogen and oxygen atoms in total. The lowest BCUT2D eigenvalue weighted by Gasteiger charge is -2.17. The number of benzene rings is 1. The van der Waals surface area contributed by atoms with Crippen LogP contribution < -0.4 is 10.6 Å². The summed E-state index contributed by atoms with van der Waals surface area (Å²) in [6, 6.07) is 7.49. The van der Waals surface area contributed by atoms with Gasteiger partial charge in [0.15, 0.2) is 5.96 Å². The van der Waals surface area contributed by atoms with Crippen molar-refractivity contribution in [2.45, 2.75) is 56.4 Å². The van der Waals surface area contributed by atoms with Gasteiger partial charge >= 0.3 is 0 Å². The molecule has 0 spiro atoms. The Morgan fingerprint density at radius 1 is 1.27 bits per heavy atom. The smallest absolute Gasteiger partial charge is 0.191 e. The number of guanidine groups is 1. The molecule has 1 aromatic rings. The van der Waals surface area contributed by atoms with Gasteiger partial charge in [-0.2, -0.15) is 11.8 Å². The summed E-state index contributed by atoms with van der Waals surface area (Å²) >= 11 is 1.99. The van der Waals surface area contributed by atoms with Crippen molar-refractivity contribution in [2.24, 2.45) is 4.99 Å². The zero-order chi connectivity index (χ0) is 15.4. The Hall–Kier alpha value is -1.16. The van der Waals surface area contributed by atoms with E-state index in [1.165, 1.54) is 44.1 Å². The van der Waals surface area contributed by atoms with Crippen molar-refractivity contribution < 1.29 is 0 Å². The van der Waals surface area contributed by atoms with Crippen LogP contribution in [-0.4, -0.2) is 30.6 Å². The minimum atomic E-state index is 0.573. The second-order valence-corrected chi connectivity index (χ2v) is 7.53. The van der Waals surface area contributed by atoms with Crippen LogP contribution >= 0.6 is 11.8 Å². The predicted molar refractivity (Wildman–Crippen MR) is 96.7 cm³/mol. The summed E-state index contributed by atoms with van der Waals surface area (Å²) in [6.07, 6.45) is 9.85. The van der Waals surface area contributed by atoms with Crippen LogP contribution in [0, 0.1) is 0 Å². The van der Waals surface area contributed by atoms with Gasteiger partial charge in [-0.05, 0) is 61.5 Å². The highest BCUT2D eigenvalue weighted by Crippen LogP contribution is 2.28. The zero-order valence-corrected chi connectivity index (χ0v) is 14.5. The third kappa shape index (κ3) is 3.78. The predicted octanol–water partition coefficient (Wildman–Crippen LogP) is 3.12. The van der Waals surface area contributed by atoms with Crippen LogP contribution in [0.15, 0.2) is 23.2 Å². The largest absolute Gasteiger partial charge is 0.354 e. The molecule has 1 fully saturated rings. The first-order valence-corrected chi connectivity index (χ1v) is 9.68. The SMILES string of the molecule is CN=C(NCc1ccc2c(c1)CCC2)NC1CCC(SC)C1. The minimum Gasteiger partial charge on any atom is -0.354 e. The van der Waals surface area contributed by atoms with Crippen molar-refractivity contribution in [1.82, 2.24) is 10.6 Å². The van der Waals surface area contributed by atoms with Crippen LogP contribution in [0.2, 0.25) is 0 Å². The van der Waals surface area contributed by atoms with E-state index >= 15 is 0 Å². The van der Waals surface area contributed by atoms with E-state index in [1.54, 1.807) is 11.1 Å². The van der Waals surface area contributed by atoms with Crippen molar-refractivity contribution in [3.05, 3.63) is 34.9 Å². The first-order chi connectivity index (χ1) is 10.8. The molecule has 2 N–H and O–H groups in total. The lowest BCUT2D eigenvalue weighted by Crippen LogP contribution is -2.42. The van der Waals surface area contributed by atoms with Crippen molar-refractivity contribution >= 4 is 17.7 Å². The van der Waals surface area contributed by atoms with Crippen LogP contribution in [0.25, 0.3) is 0 Å². The molecular formula is C18H27N3S. The Bertz CT molecular complexity index is 541. The number of nitrogens with zero attached hydrogens (tertiary/aromatic N) is 1. The van der Waals surface area contributed by atoms with E-state index in [4.69, 9.17) is 0 Å². The standard InChI is InChI=1S/C18H27N3S/c1-19-18(21-16-8-9-17(11-16)22-2)20-12-13-6-7-14-4-3-5-15(14)10-13/h6-7,10,16-17H,3-5,8-9,11-12H2,1-2H3,(H2,19,20,21). The normalized spacial score (nSPS) is 24.4. The van der Waals surface area contributed by atoms with Gasteiger partial charge in [-0.25, -0.2) is 0 Å². The monoisotopic (exact) mass is 317 g/mol. The van der Waals surface area contributed by atoms with Gasteiger partial charge in [0.1, 0.15) is 0 Å². The molecular weight excluding hydrogens is 290 g/mol. The maximum atomic E-state index is 4.38. The van der Waals surface area contributed by atoms with E-state index in [2.05, 4.69) is 40.1 Å². The highest BCUT2D eigenvalue weighted by molar-refractivity contribution is 7.99. The summed E-state index contributed by atoms with van der Waals surface area (Å²) in [5, 5.41) is 7.86. The lowest BCUT2D eigenvalue weighted by molar-refractivity contribution is 0.614. The van der Waals surface area contributed by atoms with Gasteiger partial charge in [-0.15, -0.1) is 0 Å². The first-order valence-electron chi connectivity index (χ1n) is 8.39. The Kier molecular flexibility index (Phi) is 5.29. The van der Waals surface area contributed by atoms with E-state index in [0.717, 1.165) is 17.8 Å². The fourth-order valence-electron chi connectivity index (χ4n) is 3.59. The first kappa shape index (κ1) is 15.7. The van der Waals surface area contributed by atoms with Gasteiger partial charge in [0.05, 0.1) is 0 Å². The molecule has 2 unspecified atom stereocenters. The summed E-state index contributed by atoms with van der Waals surface area (Å²) in [7, 11) is 1.86. The number of fused-ring (bicyclic) bond motifs is 1. The van der Waals surface area contributed by atoms with Gasteiger partial charge in [0.25, 0.3) is 0 Å². The third-order valence-corrected chi connectivity index (χ3v) is 6.00. The van der Waals surface area contributed by atoms with Crippen LogP contribution in [0.4, 0.5) is 0 Å². The fraction of sp³-hybridized carbons (Fsp3) is 0.611. The number of hydrogen-bond donors (Lipinski definition) is 2. The molecule has 0 saturated heterocycles. The number of nitrogens with one attached hydrogen (secondary N) is 2. The molecule has 2 aliphatic carbocycles. The zero-order valence-electron chi connectivity index (χ0n) is 13.7. The average Bonchev–Trinajstić information content (AvgIpc) is 3.19. The Morgan fingerprint density at radius 3 is 2.91 bits per heavy atom. The summed E-state index contributed by atoms with van der Waals surface area (Å²) in [6.45, 7) is 0.853. The Morgan fingerprint density at radius 2 is 2.14 bits per heavy atom. The maximum absolute atomic E-state index is 4.38. The van der Waals surface area contributed by atoms with Crippen LogP contribution in [-0.2, 0) is 19.4 Å². The molecule has 0 amide bonds. The summed E-state index contributed by atoms with van der Waals surface area (Å²) in [4.78, 5) is 4.38. The molecule has 0 bridgehead atoms. The fourth-order valence-corrected chi connectivity index (χ4v) is 4.39. The molecule has 3 rings (SSSR count). The third-order valence-electron chi connectivity index (χ3n) is 4.91. The quantitative estimate of drug-likeness (QED) is 0.662. The van der Waals surface area contributed by atoms with Crippen LogP contribution in [0.1, 0.15) is 42.4 Å². The minimum absolute atomic E-state index is 0.573. The number of aliphatic imine (C=N–C) groups is 1. The van der Waals surface area contributed by atoms with Gasteiger partial charge in [-0.1, -0.05) is 18.2 Å². The van der Waals surface area contributed by atoms with Gasteiger partial charge in [0, 0.05) is 24.9 Å². The summed E-state index contributed by atoms with van der Waals surface area (Å²) in [5.41, 5.74) is 4.44. The van der Waals surface area contributed by atoms with E-state index in [-0.39, 0.29) is 0 Å². The molecule has 22 heavy (non-hydrogen) atoms. The summed E-state index contributed by atoms with van der Waals surface area (Å²) < 4.78 is 0. The summed E-state index contributed by atoms with van der Waals surface area (Å²) in [5.74, 6) is 0.937. The topological polar surface area (TPSA) is 36.4 Å². The number of thioether (sulfide) groups is 1. The van der Waals surface area contributed by atoms with Crippen LogP contribution in [0.3, 0.4) is 0 Å². The highest BCUT2D eigenvalue weighted by Gasteiger charge is 2.24. The second kappa shape index (κ2) is 7.40. The van der Waals surface area contributed by atoms with Crippen molar-refractivity contribution in [1.29, 1.82) is 0 Å². The second-order valence-electron chi connectivity index (χ2n) is 6.39. The highest BCUT2D eigenvalue weighted by atomic mass is 32.2. The number of hydrogen-bond acceptors (Lipinski definition) is 2. The molecule has 120 valence electrons. The van der Waals surface area contributed by atoms with Gasteiger partial charge in [0.2, 0.25) is 0 Å². The van der Waals surface area contributed by atoms with Crippen molar-refractivity contribution in [3.8, 4) is 0 Å². The molecule has 1 saturated carbocycles. The van der Waals surface area contributed by atoms with E-state index < -0.39 is 0 Å². The molecule has 0 heterocycles.